The van der Waals surface area contributed by atoms with Crippen molar-refractivity contribution in [2.75, 3.05) is 0 Å². The Labute approximate surface area is 149 Å². The summed E-state index contributed by atoms with van der Waals surface area (Å²) in [6.45, 7) is 14.0. The molecule has 0 aromatic carbocycles. The Morgan fingerprint density at radius 3 is 1.04 bits per heavy atom. The van der Waals surface area contributed by atoms with Crippen LogP contribution in [0.2, 0.25) is 0 Å². The van der Waals surface area contributed by atoms with Crippen molar-refractivity contribution >= 4 is 0 Å². The number of hydrogen-bond donors (Lipinski definition) is 2. The van der Waals surface area contributed by atoms with Crippen molar-refractivity contribution in [3.63, 3.8) is 0 Å². The fourth-order valence-corrected chi connectivity index (χ4v) is 6.48. The molecule has 3 fully saturated rings. The molecule has 0 atom stereocenters. The number of hydrogen-bond acceptors (Lipinski definition) is 2. The maximum Gasteiger partial charge on any atom is 0.0702 e. The van der Waals surface area contributed by atoms with E-state index in [1.807, 2.05) is 0 Å². The van der Waals surface area contributed by atoms with Gasteiger partial charge in [-0.3, -0.25) is 0 Å². The van der Waals surface area contributed by atoms with Gasteiger partial charge in [-0.2, -0.15) is 0 Å². The van der Waals surface area contributed by atoms with Crippen molar-refractivity contribution in [1.29, 1.82) is 0 Å². The predicted molar refractivity (Wildman–Crippen MR) is 99.7 cm³/mol. The summed E-state index contributed by atoms with van der Waals surface area (Å²) < 4.78 is 0. The maximum atomic E-state index is 11.2. The molecule has 0 unspecified atom stereocenters. The van der Waals surface area contributed by atoms with E-state index < -0.39 is 0 Å². The summed E-state index contributed by atoms with van der Waals surface area (Å²) in [7, 11) is 0. The predicted octanol–water partition coefficient (Wildman–Crippen LogP) is 5.17. The van der Waals surface area contributed by atoms with Gasteiger partial charge in [0.25, 0.3) is 0 Å². The number of aliphatic hydroxyl groups is 2. The summed E-state index contributed by atoms with van der Waals surface area (Å²) in [5.74, 6) is 1.46. The normalized spacial score (nSPS) is 47.0. The second kappa shape index (κ2) is 5.71. The van der Waals surface area contributed by atoms with Gasteiger partial charge >= 0.3 is 0 Å². The van der Waals surface area contributed by atoms with Crippen molar-refractivity contribution in [2.24, 2.45) is 33.5 Å². The minimum Gasteiger partial charge on any atom is -0.392 e. The first-order valence-corrected chi connectivity index (χ1v) is 10.3. The average molecular weight is 337 g/mol. The lowest BCUT2D eigenvalue weighted by molar-refractivity contribution is -0.304. The molecule has 3 aliphatic rings. The molecule has 0 saturated heterocycles. The average Bonchev–Trinajstić information content (AvgIpc) is 2.52. The Hall–Kier alpha value is -0.0800. The molecular weight excluding hydrogens is 296 g/mol. The van der Waals surface area contributed by atoms with Crippen LogP contribution >= 0.6 is 0 Å². The maximum absolute atomic E-state index is 11.2. The number of rotatable bonds is 0. The van der Waals surface area contributed by atoms with Gasteiger partial charge in [0, 0.05) is 10.8 Å². The van der Waals surface area contributed by atoms with Crippen molar-refractivity contribution in [1.82, 2.24) is 0 Å². The van der Waals surface area contributed by atoms with Crippen LogP contribution in [0.4, 0.5) is 0 Å². The van der Waals surface area contributed by atoms with Crippen LogP contribution in [0.1, 0.15) is 92.9 Å². The molecule has 3 saturated carbocycles. The van der Waals surface area contributed by atoms with Crippen LogP contribution in [0.15, 0.2) is 0 Å². The third-order valence-corrected chi connectivity index (χ3v) is 8.46. The molecule has 0 aliphatic heterocycles. The second-order valence-corrected chi connectivity index (χ2v) is 11.6. The van der Waals surface area contributed by atoms with Crippen LogP contribution < -0.4 is 0 Å². The molecule has 0 radical (unpaired) electrons. The van der Waals surface area contributed by atoms with E-state index in [1.165, 1.54) is 0 Å². The summed E-state index contributed by atoms with van der Waals surface area (Å²) in [5, 5.41) is 22.4. The molecular formula is C22H40O2. The van der Waals surface area contributed by atoms with Gasteiger partial charge in [0.2, 0.25) is 0 Å². The lowest BCUT2D eigenvalue weighted by atomic mass is 9.39. The molecule has 3 rings (SSSR count). The zero-order valence-corrected chi connectivity index (χ0v) is 16.9. The van der Waals surface area contributed by atoms with Crippen molar-refractivity contribution in [2.45, 2.75) is 105 Å². The van der Waals surface area contributed by atoms with E-state index in [0.717, 1.165) is 63.2 Å². The Morgan fingerprint density at radius 2 is 0.833 bits per heavy atom. The molecule has 2 spiro atoms. The van der Waals surface area contributed by atoms with E-state index in [4.69, 9.17) is 0 Å². The van der Waals surface area contributed by atoms with Crippen molar-refractivity contribution in [3.8, 4) is 0 Å². The molecule has 140 valence electrons. The first-order chi connectivity index (χ1) is 10.9. The Bertz CT molecular complexity index is 395. The molecule has 24 heavy (non-hydrogen) atoms. The monoisotopic (exact) mass is 336 g/mol. The smallest absolute Gasteiger partial charge is 0.0702 e. The zero-order chi connectivity index (χ0) is 18.0. The van der Waals surface area contributed by atoms with Crippen molar-refractivity contribution in [3.05, 3.63) is 0 Å². The van der Waals surface area contributed by atoms with Gasteiger partial charge in [-0.25, -0.2) is 0 Å². The molecule has 2 nitrogen and oxygen atoms in total. The van der Waals surface area contributed by atoms with E-state index in [9.17, 15) is 10.2 Å². The highest BCUT2D eigenvalue weighted by Gasteiger charge is 2.70. The molecule has 0 aromatic rings. The van der Waals surface area contributed by atoms with E-state index in [2.05, 4.69) is 41.5 Å². The second-order valence-electron chi connectivity index (χ2n) is 11.6. The van der Waals surface area contributed by atoms with Gasteiger partial charge in [0.1, 0.15) is 0 Å². The minimum atomic E-state index is -0.276. The quantitative estimate of drug-likeness (QED) is 0.641. The highest BCUT2D eigenvalue weighted by Crippen LogP contribution is 2.67. The standard InChI is InChI=1S/C22H40O2/c1-19(2,3)15-7-11-21(12-8-15)17(23)22(18(21)24)13-9-16(10-14-22)20(4,5)6/h15-18,23-24H,7-14H2,1-6H3. The van der Waals surface area contributed by atoms with Crippen LogP contribution in [-0.2, 0) is 0 Å². The molecule has 0 amide bonds. The summed E-state index contributed by atoms with van der Waals surface area (Å²) in [4.78, 5) is 0. The molecule has 0 bridgehead atoms. The van der Waals surface area contributed by atoms with Gasteiger partial charge in [0.15, 0.2) is 0 Å². The van der Waals surface area contributed by atoms with E-state index in [1.54, 1.807) is 0 Å². The van der Waals surface area contributed by atoms with Crippen LogP contribution in [0.25, 0.3) is 0 Å². The zero-order valence-electron chi connectivity index (χ0n) is 16.9. The van der Waals surface area contributed by atoms with Gasteiger partial charge in [-0.1, -0.05) is 41.5 Å². The molecule has 0 heterocycles. The summed E-state index contributed by atoms with van der Waals surface area (Å²) in [6, 6.07) is 0. The molecule has 0 aromatic heterocycles. The summed E-state index contributed by atoms with van der Waals surface area (Å²) in [6.07, 6.45) is 8.17. The summed E-state index contributed by atoms with van der Waals surface area (Å²) >= 11 is 0. The van der Waals surface area contributed by atoms with Gasteiger partial charge < -0.3 is 10.2 Å². The molecule has 2 heteroatoms. The Balaban J connectivity index is 1.66. The third kappa shape index (κ3) is 2.67. The largest absolute Gasteiger partial charge is 0.392 e. The summed E-state index contributed by atoms with van der Waals surface area (Å²) in [5.41, 5.74) is 0.333. The third-order valence-electron chi connectivity index (χ3n) is 8.46. The lowest BCUT2D eigenvalue weighted by Gasteiger charge is -2.68. The van der Waals surface area contributed by atoms with Crippen LogP contribution in [0.3, 0.4) is 0 Å². The van der Waals surface area contributed by atoms with Crippen LogP contribution in [-0.4, -0.2) is 22.4 Å². The van der Waals surface area contributed by atoms with E-state index in [0.29, 0.717) is 10.8 Å². The highest BCUT2D eigenvalue weighted by molar-refractivity contribution is 5.19. The van der Waals surface area contributed by atoms with E-state index >= 15 is 0 Å². The SMILES string of the molecule is CC(C)(C)C1CCC2(CC1)C(O)C1(CCC(C(C)(C)C)CC1)C2O. The molecule has 3 aliphatic carbocycles. The van der Waals surface area contributed by atoms with Crippen LogP contribution in [0, 0.1) is 33.5 Å². The Kier molecular flexibility index (Phi) is 4.45. The van der Waals surface area contributed by atoms with Crippen LogP contribution in [0.5, 0.6) is 0 Å². The van der Waals surface area contributed by atoms with Crippen molar-refractivity contribution < 1.29 is 10.2 Å². The first-order valence-electron chi connectivity index (χ1n) is 10.3. The first kappa shape index (κ1) is 18.7. The highest BCUT2D eigenvalue weighted by atomic mass is 16.3. The molecule has 2 N–H and O–H groups in total. The topological polar surface area (TPSA) is 40.5 Å². The fourth-order valence-electron chi connectivity index (χ4n) is 6.48. The number of aliphatic hydroxyl groups excluding tert-OH is 2. The minimum absolute atomic E-state index is 0.184. The fraction of sp³-hybridized carbons (Fsp3) is 1.00. The van der Waals surface area contributed by atoms with E-state index in [-0.39, 0.29) is 23.0 Å². The Morgan fingerprint density at radius 1 is 0.583 bits per heavy atom. The van der Waals surface area contributed by atoms with Gasteiger partial charge in [0.05, 0.1) is 12.2 Å². The lowest BCUT2D eigenvalue weighted by Crippen LogP contribution is -2.73. The van der Waals surface area contributed by atoms with Gasteiger partial charge in [-0.05, 0) is 74.0 Å². The van der Waals surface area contributed by atoms with Gasteiger partial charge in [-0.15, -0.1) is 0 Å².